The molecule has 1 amide bonds. The van der Waals surface area contributed by atoms with E-state index in [1.165, 1.54) is 4.80 Å². The van der Waals surface area contributed by atoms with Gasteiger partial charge in [0.25, 0.3) is 0 Å². The van der Waals surface area contributed by atoms with Crippen LogP contribution in [0.2, 0.25) is 0 Å². The second-order valence-electron chi connectivity index (χ2n) is 5.63. The number of carbonyl (C=O) groups excluding carboxylic acids is 1. The molecule has 0 aliphatic heterocycles. The van der Waals surface area contributed by atoms with Crippen molar-refractivity contribution >= 4 is 11.6 Å². The first-order chi connectivity index (χ1) is 12.6. The van der Waals surface area contributed by atoms with Gasteiger partial charge in [0.2, 0.25) is 11.7 Å². The Kier molecular flexibility index (Phi) is 5.12. The van der Waals surface area contributed by atoms with E-state index in [1.54, 1.807) is 32.4 Å². The Balaban J connectivity index is 1.70. The van der Waals surface area contributed by atoms with Gasteiger partial charge >= 0.3 is 0 Å². The Bertz CT molecular complexity index is 923. The first kappa shape index (κ1) is 17.4. The Labute approximate surface area is 150 Å². The maximum atomic E-state index is 12.1. The first-order valence-corrected chi connectivity index (χ1v) is 7.96. The summed E-state index contributed by atoms with van der Waals surface area (Å²) in [4.78, 5) is 13.4. The molecule has 3 aromatic rings. The maximum absolute atomic E-state index is 12.1. The number of hydrogen-bond donors (Lipinski definition) is 1. The van der Waals surface area contributed by atoms with Crippen molar-refractivity contribution in [1.29, 1.82) is 0 Å². The Morgan fingerprint density at radius 1 is 1.12 bits per heavy atom. The normalized spacial score (nSPS) is 10.4. The molecule has 0 radical (unpaired) electrons. The summed E-state index contributed by atoms with van der Waals surface area (Å²) in [5, 5.41) is 15.0. The highest BCUT2D eigenvalue weighted by molar-refractivity contribution is 5.90. The van der Waals surface area contributed by atoms with Crippen LogP contribution in [-0.2, 0) is 11.3 Å². The van der Waals surface area contributed by atoms with Crippen molar-refractivity contribution in [1.82, 2.24) is 20.2 Å². The summed E-state index contributed by atoms with van der Waals surface area (Å²) in [6, 6.07) is 12.9. The molecular weight excluding hydrogens is 334 g/mol. The second-order valence-corrected chi connectivity index (χ2v) is 5.63. The fourth-order valence-electron chi connectivity index (χ4n) is 2.45. The van der Waals surface area contributed by atoms with Crippen molar-refractivity contribution < 1.29 is 14.3 Å². The predicted octanol–water partition coefficient (Wildman–Crippen LogP) is 2.30. The fraction of sp³-hybridized carbons (Fsp3) is 0.222. The molecule has 1 N–H and O–H groups in total. The number of benzene rings is 2. The molecule has 2 aromatic carbocycles. The minimum atomic E-state index is -0.230. The third-order valence-corrected chi connectivity index (χ3v) is 3.68. The van der Waals surface area contributed by atoms with Gasteiger partial charge < -0.3 is 14.8 Å². The van der Waals surface area contributed by atoms with Crippen LogP contribution in [-0.4, -0.2) is 40.3 Å². The van der Waals surface area contributed by atoms with Gasteiger partial charge in [-0.2, -0.15) is 4.80 Å². The molecule has 0 saturated heterocycles. The van der Waals surface area contributed by atoms with Crippen molar-refractivity contribution in [2.24, 2.45) is 0 Å². The third kappa shape index (κ3) is 3.97. The van der Waals surface area contributed by atoms with Crippen molar-refractivity contribution in [2.45, 2.75) is 13.5 Å². The van der Waals surface area contributed by atoms with Crippen LogP contribution < -0.4 is 14.8 Å². The van der Waals surface area contributed by atoms with Crippen LogP contribution in [0.3, 0.4) is 0 Å². The number of carbonyl (C=O) groups is 1. The second kappa shape index (κ2) is 7.64. The summed E-state index contributed by atoms with van der Waals surface area (Å²) in [6.45, 7) is 1.93. The quantitative estimate of drug-likeness (QED) is 0.731. The van der Waals surface area contributed by atoms with Gasteiger partial charge in [-0.15, -0.1) is 10.2 Å². The highest BCUT2D eigenvalue weighted by atomic mass is 16.5. The van der Waals surface area contributed by atoms with Gasteiger partial charge in [-0.05, 0) is 48.0 Å². The average molecular weight is 353 g/mol. The molecule has 8 nitrogen and oxygen atoms in total. The van der Waals surface area contributed by atoms with Gasteiger partial charge in [-0.3, -0.25) is 4.79 Å². The lowest BCUT2D eigenvalue weighted by Gasteiger charge is -2.07. The van der Waals surface area contributed by atoms with Gasteiger partial charge in [0.15, 0.2) is 11.5 Å². The molecule has 0 aliphatic rings. The minimum Gasteiger partial charge on any atom is -0.493 e. The van der Waals surface area contributed by atoms with E-state index < -0.39 is 0 Å². The fourth-order valence-corrected chi connectivity index (χ4v) is 2.45. The van der Waals surface area contributed by atoms with Gasteiger partial charge in [0.05, 0.1) is 14.2 Å². The molecule has 8 heteroatoms. The number of methoxy groups -OCH3 is 2. The topological polar surface area (TPSA) is 91.2 Å². The number of hydrogen-bond acceptors (Lipinski definition) is 6. The molecule has 1 heterocycles. The van der Waals surface area contributed by atoms with Crippen LogP contribution in [0.5, 0.6) is 11.5 Å². The largest absolute Gasteiger partial charge is 0.493 e. The highest BCUT2D eigenvalue weighted by Crippen LogP contribution is 2.30. The van der Waals surface area contributed by atoms with Crippen molar-refractivity contribution in [3.63, 3.8) is 0 Å². The number of nitrogens with zero attached hydrogens (tertiary/aromatic N) is 4. The number of amides is 1. The molecular formula is C18H19N5O3. The number of tetrazole rings is 1. The smallest absolute Gasteiger partial charge is 0.248 e. The number of ether oxygens (including phenoxy) is 2. The zero-order valence-electron chi connectivity index (χ0n) is 14.8. The van der Waals surface area contributed by atoms with Gasteiger partial charge in [0.1, 0.15) is 6.54 Å². The zero-order chi connectivity index (χ0) is 18.5. The van der Waals surface area contributed by atoms with E-state index >= 15 is 0 Å². The molecule has 3 rings (SSSR count). The van der Waals surface area contributed by atoms with Crippen LogP contribution in [0, 0.1) is 6.92 Å². The minimum absolute atomic E-state index is 0.0335. The lowest BCUT2D eigenvalue weighted by molar-refractivity contribution is -0.117. The van der Waals surface area contributed by atoms with Crippen molar-refractivity contribution in [3.8, 4) is 22.9 Å². The summed E-state index contributed by atoms with van der Waals surface area (Å²) in [7, 11) is 3.13. The molecule has 0 unspecified atom stereocenters. The lowest BCUT2D eigenvalue weighted by Crippen LogP contribution is -2.20. The van der Waals surface area contributed by atoms with E-state index in [2.05, 4.69) is 20.7 Å². The molecule has 0 fully saturated rings. The van der Waals surface area contributed by atoms with Crippen LogP contribution in [0.1, 0.15) is 5.56 Å². The Morgan fingerprint density at radius 2 is 1.92 bits per heavy atom. The highest BCUT2D eigenvalue weighted by Gasteiger charge is 2.12. The van der Waals surface area contributed by atoms with E-state index in [4.69, 9.17) is 9.47 Å². The summed E-state index contributed by atoms with van der Waals surface area (Å²) < 4.78 is 10.5. The number of anilines is 1. The number of aromatic nitrogens is 4. The Morgan fingerprint density at radius 3 is 2.65 bits per heavy atom. The van der Waals surface area contributed by atoms with E-state index in [0.29, 0.717) is 22.9 Å². The molecule has 1 aromatic heterocycles. The summed E-state index contributed by atoms with van der Waals surface area (Å²) >= 11 is 0. The molecule has 26 heavy (non-hydrogen) atoms. The molecule has 134 valence electrons. The van der Waals surface area contributed by atoms with Gasteiger partial charge in [-0.25, -0.2) is 0 Å². The van der Waals surface area contributed by atoms with Gasteiger partial charge in [-0.1, -0.05) is 12.1 Å². The van der Waals surface area contributed by atoms with Crippen LogP contribution in [0.25, 0.3) is 11.4 Å². The molecule has 0 spiro atoms. The number of aryl methyl sites for hydroxylation is 1. The predicted molar refractivity (Wildman–Crippen MR) is 96.2 cm³/mol. The Hall–Kier alpha value is -3.42. The first-order valence-electron chi connectivity index (χ1n) is 7.96. The summed E-state index contributed by atoms with van der Waals surface area (Å²) in [5.41, 5.74) is 2.51. The summed E-state index contributed by atoms with van der Waals surface area (Å²) in [5.74, 6) is 1.35. The zero-order valence-corrected chi connectivity index (χ0v) is 14.8. The van der Waals surface area contributed by atoms with Crippen LogP contribution >= 0.6 is 0 Å². The molecule has 0 aliphatic carbocycles. The summed E-state index contributed by atoms with van der Waals surface area (Å²) in [6.07, 6.45) is 0. The molecule has 0 saturated carbocycles. The van der Waals surface area contributed by atoms with Crippen molar-refractivity contribution in [3.05, 3.63) is 48.0 Å². The maximum Gasteiger partial charge on any atom is 0.248 e. The SMILES string of the molecule is COc1ccc(-c2nnn(CC(=O)Nc3cccc(C)c3)n2)cc1OC. The number of nitrogens with one attached hydrogen (secondary N) is 1. The van der Waals surface area contributed by atoms with E-state index in [9.17, 15) is 4.79 Å². The molecule has 0 bridgehead atoms. The molecule has 0 atom stereocenters. The standard InChI is InChI=1S/C18H19N5O3/c1-12-5-4-6-14(9-12)19-17(24)11-23-21-18(20-22-23)13-7-8-15(25-2)16(10-13)26-3/h4-10H,11H2,1-3H3,(H,19,24). The van der Waals surface area contributed by atoms with Gasteiger partial charge in [0, 0.05) is 11.3 Å². The third-order valence-electron chi connectivity index (χ3n) is 3.68. The van der Waals surface area contributed by atoms with E-state index in [-0.39, 0.29) is 12.5 Å². The number of rotatable bonds is 6. The van der Waals surface area contributed by atoms with E-state index in [0.717, 1.165) is 11.3 Å². The van der Waals surface area contributed by atoms with Crippen LogP contribution in [0.4, 0.5) is 5.69 Å². The average Bonchev–Trinajstić information content (AvgIpc) is 3.09. The van der Waals surface area contributed by atoms with E-state index in [1.807, 2.05) is 31.2 Å². The monoisotopic (exact) mass is 353 g/mol. The van der Waals surface area contributed by atoms with Crippen molar-refractivity contribution in [2.75, 3.05) is 19.5 Å². The van der Waals surface area contributed by atoms with Crippen LogP contribution in [0.15, 0.2) is 42.5 Å². The lowest BCUT2D eigenvalue weighted by atomic mass is 10.2.